The number of aromatic nitrogens is 2. The number of hydrogen-bond donors (Lipinski definition) is 2. The Morgan fingerprint density at radius 2 is 1.69 bits per heavy atom. The molecule has 1 atom stereocenters. The lowest BCUT2D eigenvalue weighted by Crippen LogP contribution is -2.12. The summed E-state index contributed by atoms with van der Waals surface area (Å²) in [5, 5.41) is 3.63. The Hall–Kier alpha value is -2.94. The van der Waals surface area contributed by atoms with Gasteiger partial charge in [-0.25, -0.2) is 9.97 Å². The zero-order valence-electron chi connectivity index (χ0n) is 15.8. The van der Waals surface area contributed by atoms with E-state index in [4.69, 9.17) is 26.8 Å². The maximum Gasteiger partial charge on any atom is 0.416 e. The van der Waals surface area contributed by atoms with Crippen molar-refractivity contribution in [1.29, 1.82) is 0 Å². The maximum atomic E-state index is 13.1. The molecule has 29 heavy (non-hydrogen) atoms. The van der Waals surface area contributed by atoms with Crippen LogP contribution in [-0.4, -0.2) is 24.2 Å². The van der Waals surface area contributed by atoms with Crippen LogP contribution < -0.4 is 20.5 Å². The quantitative estimate of drug-likeness (QED) is 0.437. The molecule has 2 aromatic carbocycles. The van der Waals surface area contributed by atoms with Gasteiger partial charge in [0.2, 0.25) is 5.28 Å². The fourth-order valence-electron chi connectivity index (χ4n) is 2.92. The van der Waals surface area contributed by atoms with Gasteiger partial charge in [0.25, 0.3) is 0 Å². The molecular formula is C19H18ClF3N4O2. The third kappa shape index (κ3) is 4.40. The standard InChI is InChI=1S/C19H18ClF3N4O2/c1-9(10-4-11(19(21,22)23)6-12(24)5-10)25-17-13-7-15(28-2)16(29-3)8-14(13)26-18(20)27-17/h4-9H,24H2,1-3H3,(H,25,26,27). The van der Waals surface area contributed by atoms with E-state index in [1.54, 1.807) is 19.1 Å². The first-order chi connectivity index (χ1) is 13.6. The summed E-state index contributed by atoms with van der Waals surface area (Å²) in [6.45, 7) is 1.69. The van der Waals surface area contributed by atoms with Crippen molar-refractivity contribution in [3.8, 4) is 11.5 Å². The van der Waals surface area contributed by atoms with E-state index in [1.807, 2.05) is 0 Å². The fraction of sp³-hybridized carbons (Fsp3) is 0.263. The number of anilines is 2. The number of nitrogens with zero attached hydrogens (tertiary/aromatic N) is 2. The van der Waals surface area contributed by atoms with Crippen molar-refractivity contribution in [1.82, 2.24) is 9.97 Å². The summed E-state index contributed by atoms with van der Waals surface area (Å²) in [5.41, 5.74) is 5.69. The van der Waals surface area contributed by atoms with Gasteiger partial charge in [-0.2, -0.15) is 13.2 Å². The molecular weight excluding hydrogens is 409 g/mol. The Labute approximate surface area is 169 Å². The molecule has 1 unspecified atom stereocenters. The normalized spacial score (nSPS) is 12.7. The molecule has 1 heterocycles. The summed E-state index contributed by atoms with van der Waals surface area (Å²) in [4.78, 5) is 8.36. The van der Waals surface area contributed by atoms with E-state index in [0.29, 0.717) is 33.8 Å². The van der Waals surface area contributed by atoms with Crippen molar-refractivity contribution >= 4 is 34.0 Å². The molecule has 0 aliphatic heterocycles. The minimum absolute atomic E-state index is 0.0143. The number of fused-ring (bicyclic) bond motifs is 1. The average Bonchev–Trinajstić information content (AvgIpc) is 2.65. The van der Waals surface area contributed by atoms with E-state index in [9.17, 15) is 13.2 Å². The smallest absolute Gasteiger partial charge is 0.416 e. The van der Waals surface area contributed by atoms with Crippen LogP contribution in [0.3, 0.4) is 0 Å². The topological polar surface area (TPSA) is 82.3 Å². The van der Waals surface area contributed by atoms with Crippen molar-refractivity contribution in [2.75, 3.05) is 25.3 Å². The first-order valence-corrected chi connectivity index (χ1v) is 8.83. The van der Waals surface area contributed by atoms with Crippen LogP contribution in [0.5, 0.6) is 11.5 Å². The fourth-order valence-corrected chi connectivity index (χ4v) is 3.09. The number of alkyl halides is 3. The molecule has 0 spiro atoms. The first-order valence-electron chi connectivity index (χ1n) is 8.46. The van der Waals surface area contributed by atoms with Gasteiger partial charge < -0.3 is 20.5 Å². The minimum Gasteiger partial charge on any atom is -0.493 e. The number of nitrogens with one attached hydrogen (secondary N) is 1. The molecule has 0 amide bonds. The number of benzene rings is 2. The highest BCUT2D eigenvalue weighted by molar-refractivity contribution is 6.28. The predicted octanol–water partition coefficient (Wildman–Crippen LogP) is 5.07. The molecule has 0 fully saturated rings. The number of nitrogen functional groups attached to an aromatic ring is 1. The summed E-state index contributed by atoms with van der Waals surface area (Å²) in [6, 6.07) is 6.16. The molecule has 0 bridgehead atoms. The molecule has 6 nitrogen and oxygen atoms in total. The number of ether oxygens (including phenoxy) is 2. The summed E-state index contributed by atoms with van der Waals surface area (Å²) >= 11 is 6.03. The maximum absolute atomic E-state index is 13.1. The highest BCUT2D eigenvalue weighted by atomic mass is 35.5. The molecule has 10 heteroatoms. The highest BCUT2D eigenvalue weighted by Crippen LogP contribution is 2.37. The third-order valence-electron chi connectivity index (χ3n) is 4.33. The average molecular weight is 427 g/mol. The Kier molecular flexibility index (Phi) is 5.61. The van der Waals surface area contributed by atoms with Crippen molar-refractivity contribution in [2.24, 2.45) is 0 Å². The van der Waals surface area contributed by atoms with Gasteiger partial charge in [0.15, 0.2) is 11.5 Å². The van der Waals surface area contributed by atoms with Gasteiger partial charge in [-0.3, -0.25) is 0 Å². The number of rotatable bonds is 5. The molecule has 0 aliphatic carbocycles. The second-order valence-corrected chi connectivity index (χ2v) is 6.66. The molecule has 0 saturated carbocycles. The van der Waals surface area contributed by atoms with Crippen molar-refractivity contribution in [3.05, 3.63) is 46.7 Å². The Balaban J connectivity index is 2.05. The lowest BCUT2D eigenvalue weighted by molar-refractivity contribution is -0.137. The molecule has 0 aliphatic rings. The van der Waals surface area contributed by atoms with Crippen molar-refractivity contribution in [2.45, 2.75) is 19.1 Å². The summed E-state index contributed by atoms with van der Waals surface area (Å²) < 4.78 is 49.9. The first kappa shape index (κ1) is 20.8. The molecule has 3 aromatic rings. The lowest BCUT2D eigenvalue weighted by atomic mass is 10.0. The van der Waals surface area contributed by atoms with Gasteiger partial charge in [0.05, 0.1) is 31.3 Å². The van der Waals surface area contributed by atoms with Gasteiger partial charge >= 0.3 is 6.18 Å². The van der Waals surface area contributed by atoms with Crippen LogP contribution in [0, 0.1) is 0 Å². The Bertz CT molecular complexity index is 1060. The molecule has 1 aromatic heterocycles. The second kappa shape index (κ2) is 7.82. The van der Waals surface area contributed by atoms with Gasteiger partial charge in [-0.05, 0) is 48.4 Å². The Morgan fingerprint density at radius 1 is 1.03 bits per heavy atom. The molecule has 3 rings (SSSR count). The van der Waals surface area contributed by atoms with Gasteiger partial charge in [-0.15, -0.1) is 0 Å². The zero-order chi connectivity index (χ0) is 21.3. The van der Waals surface area contributed by atoms with E-state index in [1.165, 1.54) is 20.3 Å². The summed E-state index contributed by atoms with van der Waals surface area (Å²) in [5.74, 6) is 1.24. The van der Waals surface area contributed by atoms with Crippen molar-refractivity contribution < 1.29 is 22.6 Å². The lowest BCUT2D eigenvalue weighted by Gasteiger charge is -2.19. The van der Waals surface area contributed by atoms with Crippen LogP contribution in [0.15, 0.2) is 30.3 Å². The monoisotopic (exact) mass is 426 g/mol. The van der Waals surface area contributed by atoms with Crippen molar-refractivity contribution in [3.63, 3.8) is 0 Å². The molecule has 154 valence electrons. The number of halogens is 4. The largest absolute Gasteiger partial charge is 0.493 e. The van der Waals surface area contributed by atoms with Crippen LogP contribution in [0.25, 0.3) is 10.9 Å². The zero-order valence-corrected chi connectivity index (χ0v) is 16.5. The minimum atomic E-state index is -4.50. The van der Waals surface area contributed by atoms with Crippen LogP contribution in [0.4, 0.5) is 24.7 Å². The van der Waals surface area contributed by atoms with E-state index < -0.39 is 17.8 Å². The number of nitrogens with two attached hydrogens (primary N) is 1. The van der Waals surface area contributed by atoms with E-state index >= 15 is 0 Å². The summed E-state index contributed by atoms with van der Waals surface area (Å²) in [7, 11) is 2.98. The molecule has 3 N–H and O–H groups in total. The van der Waals surface area contributed by atoms with Gasteiger partial charge in [0.1, 0.15) is 5.82 Å². The van der Waals surface area contributed by atoms with Crippen LogP contribution in [-0.2, 0) is 6.18 Å². The van der Waals surface area contributed by atoms with Crippen LogP contribution in [0.2, 0.25) is 5.28 Å². The number of hydrogen-bond acceptors (Lipinski definition) is 6. The summed E-state index contributed by atoms with van der Waals surface area (Å²) in [6.07, 6.45) is -4.50. The molecule has 0 saturated heterocycles. The SMILES string of the molecule is COc1cc2nc(Cl)nc(NC(C)c3cc(N)cc(C(F)(F)F)c3)c2cc1OC. The van der Waals surface area contributed by atoms with E-state index in [0.717, 1.165) is 12.1 Å². The van der Waals surface area contributed by atoms with E-state index in [-0.39, 0.29) is 11.0 Å². The van der Waals surface area contributed by atoms with Gasteiger partial charge in [-0.1, -0.05) is 0 Å². The molecule has 0 radical (unpaired) electrons. The van der Waals surface area contributed by atoms with Crippen LogP contribution >= 0.6 is 11.6 Å². The second-order valence-electron chi connectivity index (χ2n) is 6.32. The predicted molar refractivity (Wildman–Crippen MR) is 106 cm³/mol. The highest BCUT2D eigenvalue weighted by Gasteiger charge is 2.31. The van der Waals surface area contributed by atoms with Gasteiger partial charge in [0, 0.05) is 17.1 Å². The Morgan fingerprint density at radius 3 is 2.31 bits per heavy atom. The third-order valence-corrected chi connectivity index (χ3v) is 4.50. The van der Waals surface area contributed by atoms with E-state index in [2.05, 4.69) is 15.3 Å². The van der Waals surface area contributed by atoms with Crippen LogP contribution in [0.1, 0.15) is 24.1 Å². The number of methoxy groups -OCH3 is 2.